The number of esters is 1. The lowest BCUT2D eigenvalue weighted by atomic mass is 10.0. The molecule has 0 radical (unpaired) electrons. The maximum atomic E-state index is 12.2. The number of piperidine rings is 1. The topological polar surface area (TPSA) is 65.1 Å². The van der Waals surface area contributed by atoms with Gasteiger partial charge in [0.05, 0.1) is 18.7 Å². The summed E-state index contributed by atoms with van der Waals surface area (Å²) < 4.78 is 15.8. The van der Waals surface area contributed by atoms with Crippen molar-refractivity contribution < 1.29 is 23.8 Å². The third kappa shape index (κ3) is 5.89. The molecule has 0 saturated carbocycles. The van der Waals surface area contributed by atoms with Crippen LogP contribution in [0.25, 0.3) is 6.08 Å². The first-order chi connectivity index (χ1) is 13.0. The van der Waals surface area contributed by atoms with E-state index in [-0.39, 0.29) is 18.6 Å². The highest BCUT2D eigenvalue weighted by Gasteiger charge is 2.23. The number of likely N-dealkylation sites (tertiary alicyclic amines) is 1. The summed E-state index contributed by atoms with van der Waals surface area (Å²) in [5.41, 5.74) is 0.664. The quantitative estimate of drug-likeness (QED) is 0.520. The predicted molar refractivity (Wildman–Crippen MR) is 104 cm³/mol. The van der Waals surface area contributed by atoms with Crippen molar-refractivity contribution in [3.63, 3.8) is 0 Å². The summed E-state index contributed by atoms with van der Waals surface area (Å²) in [4.78, 5) is 25.9. The molecule has 1 heterocycles. The van der Waals surface area contributed by atoms with Crippen LogP contribution in [0.2, 0.25) is 5.02 Å². The first-order valence-corrected chi connectivity index (χ1v) is 9.48. The average Bonchev–Trinajstić information content (AvgIpc) is 2.65. The van der Waals surface area contributed by atoms with Crippen molar-refractivity contribution in [3.8, 4) is 11.5 Å². The molecule has 1 aromatic carbocycles. The molecule has 148 valence electrons. The van der Waals surface area contributed by atoms with Crippen molar-refractivity contribution in [2.24, 2.45) is 0 Å². The molecule has 1 fully saturated rings. The van der Waals surface area contributed by atoms with E-state index in [4.69, 9.17) is 25.8 Å². The number of hydrogen-bond acceptors (Lipinski definition) is 5. The lowest BCUT2D eigenvalue weighted by Crippen LogP contribution is -2.44. The van der Waals surface area contributed by atoms with Crippen LogP contribution in [0.15, 0.2) is 18.2 Å². The van der Waals surface area contributed by atoms with Crippen LogP contribution in [0.4, 0.5) is 0 Å². The number of nitrogens with zero attached hydrogens (tertiary/aromatic N) is 1. The van der Waals surface area contributed by atoms with Gasteiger partial charge in [0.25, 0.3) is 5.91 Å². The maximum Gasteiger partial charge on any atom is 0.331 e. The van der Waals surface area contributed by atoms with Crippen LogP contribution in [0.5, 0.6) is 11.5 Å². The van der Waals surface area contributed by atoms with Gasteiger partial charge in [-0.2, -0.15) is 0 Å². The zero-order chi connectivity index (χ0) is 19.8. The number of carbonyl (C=O) groups is 2. The van der Waals surface area contributed by atoms with Crippen LogP contribution in [-0.4, -0.2) is 49.7 Å². The van der Waals surface area contributed by atoms with Crippen LogP contribution < -0.4 is 9.47 Å². The number of methoxy groups -OCH3 is 1. The average molecular weight is 396 g/mol. The number of ether oxygens (including phenoxy) is 3. The van der Waals surface area contributed by atoms with Gasteiger partial charge in [-0.1, -0.05) is 11.6 Å². The van der Waals surface area contributed by atoms with Crippen molar-refractivity contribution in [3.05, 3.63) is 28.8 Å². The van der Waals surface area contributed by atoms with Crippen LogP contribution in [-0.2, 0) is 14.3 Å². The molecule has 1 aliphatic heterocycles. The second-order valence-corrected chi connectivity index (χ2v) is 6.75. The van der Waals surface area contributed by atoms with Crippen LogP contribution >= 0.6 is 11.6 Å². The number of halogens is 1. The number of hydrogen-bond donors (Lipinski definition) is 0. The van der Waals surface area contributed by atoms with Crippen molar-refractivity contribution in [1.29, 1.82) is 0 Å². The van der Waals surface area contributed by atoms with E-state index in [0.29, 0.717) is 28.7 Å². The fourth-order valence-electron chi connectivity index (χ4n) is 3.04. The molecule has 0 N–H and O–H groups in total. The molecule has 0 bridgehead atoms. The van der Waals surface area contributed by atoms with Crippen molar-refractivity contribution in [2.75, 3.05) is 26.9 Å². The molecule has 6 nitrogen and oxygen atoms in total. The highest BCUT2D eigenvalue weighted by Crippen LogP contribution is 2.36. The summed E-state index contributed by atoms with van der Waals surface area (Å²) >= 11 is 6.18. The zero-order valence-electron chi connectivity index (χ0n) is 16.0. The molecule has 1 amide bonds. The Kier molecular flexibility index (Phi) is 7.98. The van der Waals surface area contributed by atoms with Gasteiger partial charge in [-0.3, -0.25) is 4.79 Å². The highest BCUT2D eigenvalue weighted by atomic mass is 35.5. The largest absolute Gasteiger partial charge is 0.491 e. The van der Waals surface area contributed by atoms with Gasteiger partial charge in [-0.05, 0) is 56.9 Å². The van der Waals surface area contributed by atoms with Crippen molar-refractivity contribution in [1.82, 2.24) is 4.90 Å². The molecule has 0 unspecified atom stereocenters. The fourth-order valence-corrected chi connectivity index (χ4v) is 3.34. The van der Waals surface area contributed by atoms with Crippen LogP contribution in [0, 0.1) is 0 Å². The minimum Gasteiger partial charge on any atom is -0.491 e. The molecule has 1 atom stereocenters. The SMILES string of the molecule is CCOc1cc(/C=C/C(=O)OCC(=O)N2CCCC[C@@H]2C)cc(Cl)c1OC. The van der Waals surface area contributed by atoms with Gasteiger partial charge in [-0.25, -0.2) is 4.79 Å². The molecule has 27 heavy (non-hydrogen) atoms. The molecular formula is C20H26ClNO5. The third-order valence-electron chi connectivity index (χ3n) is 4.41. The zero-order valence-corrected chi connectivity index (χ0v) is 16.8. The standard InChI is InChI=1S/C20H26ClNO5/c1-4-26-17-12-15(11-16(21)20(17)25-3)8-9-19(24)27-13-18(23)22-10-6-5-7-14(22)2/h8-9,11-12,14H,4-7,10,13H2,1-3H3/b9-8+/t14-/m0/s1. The summed E-state index contributed by atoms with van der Waals surface area (Å²) in [6.45, 7) is 4.80. The van der Waals surface area contributed by atoms with Gasteiger partial charge in [0.15, 0.2) is 18.1 Å². The van der Waals surface area contributed by atoms with Crippen molar-refractivity contribution >= 4 is 29.6 Å². The number of carbonyl (C=O) groups excluding carboxylic acids is 2. The van der Waals surface area contributed by atoms with E-state index in [1.54, 1.807) is 23.1 Å². The Morgan fingerprint density at radius 1 is 1.33 bits per heavy atom. The molecule has 0 spiro atoms. The second kappa shape index (κ2) is 10.2. The third-order valence-corrected chi connectivity index (χ3v) is 4.69. The first kappa shape index (κ1) is 21.1. The minimum absolute atomic E-state index is 0.157. The Bertz CT molecular complexity index is 704. The van der Waals surface area contributed by atoms with Gasteiger partial charge in [0.1, 0.15) is 0 Å². The maximum absolute atomic E-state index is 12.2. The summed E-state index contributed by atoms with van der Waals surface area (Å²) in [6, 6.07) is 3.57. The number of rotatable bonds is 7. The van der Waals surface area contributed by atoms with E-state index >= 15 is 0 Å². The van der Waals surface area contributed by atoms with E-state index in [1.165, 1.54) is 13.2 Å². The molecular weight excluding hydrogens is 370 g/mol. The van der Waals surface area contributed by atoms with E-state index in [1.807, 2.05) is 13.8 Å². The van der Waals surface area contributed by atoms with Gasteiger partial charge in [-0.15, -0.1) is 0 Å². The molecule has 0 aromatic heterocycles. The summed E-state index contributed by atoms with van der Waals surface area (Å²) in [5.74, 6) is 0.197. The molecule has 0 aliphatic carbocycles. The lowest BCUT2D eigenvalue weighted by Gasteiger charge is -2.33. The summed E-state index contributed by atoms with van der Waals surface area (Å²) in [7, 11) is 1.51. The Morgan fingerprint density at radius 2 is 2.11 bits per heavy atom. The Labute approximate surface area is 165 Å². The normalized spacial score (nSPS) is 17.0. The molecule has 2 rings (SSSR count). The van der Waals surface area contributed by atoms with Gasteiger partial charge >= 0.3 is 5.97 Å². The predicted octanol–water partition coefficient (Wildman–Crippen LogP) is 3.70. The number of benzene rings is 1. The minimum atomic E-state index is -0.585. The second-order valence-electron chi connectivity index (χ2n) is 6.34. The lowest BCUT2D eigenvalue weighted by molar-refractivity contribution is -0.149. The molecule has 1 aliphatic rings. The summed E-state index contributed by atoms with van der Waals surface area (Å²) in [5, 5.41) is 0.380. The highest BCUT2D eigenvalue weighted by molar-refractivity contribution is 6.32. The van der Waals surface area contributed by atoms with Crippen LogP contribution in [0.3, 0.4) is 0 Å². The van der Waals surface area contributed by atoms with Gasteiger partial charge in [0.2, 0.25) is 0 Å². The van der Waals surface area contributed by atoms with Crippen LogP contribution in [0.1, 0.15) is 38.7 Å². The van der Waals surface area contributed by atoms with E-state index in [9.17, 15) is 9.59 Å². The van der Waals surface area contributed by atoms with Gasteiger partial charge < -0.3 is 19.1 Å². The van der Waals surface area contributed by atoms with E-state index < -0.39 is 5.97 Å². The Balaban J connectivity index is 1.95. The molecule has 1 saturated heterocycles. The Hall–Kier alpha value is -2.21. The first-order valence-electron chi connectivity index (χ1n) is 9.10. The smallest absolute Gasteiger partial charge is 0.331 e. The summed E-state index contributed by atoms with van der Waals surface area (Å²) in [6.07, 6.45) is 5.93. The van der Waals surface area contributed by atoms with E-state index in [2.05, 4.69) is 0 Å². The van der Waals surface area contributed by atoms with Gasteiger partial charge in [0, 0.05) is 18.7 Å². The number of amides is 1. The fraction of sp³-hybridized carbons (Fsp3) is 0.500. The monoisotopic (exact) mass is 395 g/mol. The molecule has 7 heteroatoms. The Morgan fingerprint density at radius 3 is 2.78 bits per heavy atom. The molecule has 1 aromatic rings. The van der Waals surface area contributed by atoms with E-state index in [0.717, 1.165) is 25.8 Å². The van der Waals surface area contributed by atoms with Crippen molar-refractivity contribution in [2.45, 2.75) is 39.2 Å².